The molecule has 2 rings (SSSR count). The van der Waals surface area contributed by atoms with Crippen molar-refractivity contribution >= 4 is 17.6 Å². The lowest BCUT2D eigenvalue weighted by Gasteiger charge is -2.34. The SMILES string of the molecule is COc1ccccc1NC(=O)C(C)N1CCCC(C(=O)O)C1. The molecule has 1 aromatic rings. The number of nitrogens with zero attached hydrogens (tertiary/aromatic N) is 1. The Hall–Kier alpha value is -2.08. The quantitative estimate of drug-likeness (QED) is 0.867. The lowest BCUT2D eigenvalue weighted by Crippen LogP contribution is -2.48. The maximum atomic E-state index is 12.4. The maximum absolute atomic E-state index is 12.4. The van der Waals surface area contributed by atoms with Crippen LogP contribution in [0.3, 0.4) is 0 Å². The van der Waals surface area contributed by atoms with Gasteiger partial charge in [0, 0.05) is 6.54 Å². The van der Waals surface area contributed by atoms with E-state index in [-0.39, 0.29) is 11.9 Å². The molecule has 0 radical (unpaired) electrons. The standard InChI is InChI=1S/C16H22N2O4/c1-11(18-9-5-6-12(10-18)16(20)21)15(19)17-13-7-3-4-8-14(13)22-2/h3-4,7-8,11-12H,5-6,9-10H2,1-2H3,(H,17,19)(H,20,21). The van der Waals surface area contributed by atoms with Crippen molar-refractivity contribution < 1.29 is 19.4 Å². The van der Waals surface area contributed by atoms with Crippen LogP contribution in [0.1, 0.15) is 19.8 Å². The highest BCUT2D eigenvalue weighted by Gasteiger charge is 2.30. The van der Waals surface area contributed by atoms with E-state index in [2.05, 4.69) is 5.32 Å². The van der Waals surface area contributed by atoms with E-state index < -0.39 is 11.9 Å². The Kier molecular flexibility index (Phi) is 5.38. The molecule has 2 unspecified atom stereocenters. The maximum Gasteiger partial charge on any atom is 0.307 e. The molecule has 2 N–H and O–H groups in total. The molecule has 6 heteroatoms. The second-order valence-corrected chi connectivity index (χ2v) is 5.54. The first-order valence-corrected chi connectivity index (χ1v) is 7.43. The highest BCUT2D eigenvalue weighted by molar-refractivity contribution is 5.95. The molecule has 1 fully saturated rings. The fourth-order valence-electron chi connectivity index (χ4n) is 2.71. The second kappa shape index (κ2) is 7.26. The highest BCUT2D eigenvalue weighted by atomic mass is 16.5. The first-order chi connectivity index (χ1) is 10.5. The fourth-order valence-corrected chi connectivity index (χ4v) is 2.71. The number of piperidine rings is 1. The van der Waals surface area contributed by atoms with Crippen molar-refractivity contribution in [3.8, 4) is 5.75 Å². The van der Waals surface area contributed by atoms with Gasteiger partial charge in [-0.2, -0.15) is 0 Å². The van der Waals surface area contributed by atoms with Crippen LogP contribution in [-0.2, 0) is 9.59 Å². The molecule has 6 nitrogen and oxygen atoms in total. The molecule has 0 aromatic heterocycles. The molecule has 0 saturated carbocycles. The van der Waals surface area contributed by atoms with Gasteiger partial charge in [0.05, 0.1) is 24.8 Å². The van der Waals surface area contributed by atoms with Gasteiger partial charge in [-0.25, -0.2) is 0 Å². The van der Waals surface area contributed by atoms with Gasteiger partial charge in [-0.3, -0.25) is 14.5 Å². The van der Waals surface area contributed by atoms with E-state index in [4.69, 9.17) is 9.84 Å². The first-order valence-electron chi connectivity index (χ1n) is 7.43. The van der Waals surface area contributed by atoms with Crippen LogP contribution in [0.4, 0.5) is 5.69 Å². The number of carboxylic acid groups (broad SMARTS) is 1. The number of nitrogens with one attached hydrogen (secondary N) is 1. The molecule has 0 aliphatic carbocycles. The van der Waals surface area contributed by atoms with Gasteiger partial charge in [0.2, 0.25) is 5.91 Å². The van der Waals surface area contributed by atoms with Crippen molar-refractivity contribution in [1.29, 1.82) is 0 Å². The number of aliphatic carboxylic acids is 1. The largest absolute Gasteiger partial charge is 0.495 e. The zero-order valence-electron chi connectivity index (χ0n) is 12.9. The summed E-state index contributed by atoms with van der Waals surface area (Å²) < 4.78 is 5.21. The van der Waals surface area contributed by atoms with E-state index in [1.807, 2.05) is 17.0 Å². The summed E-state index contributed by atoms with van der Waals surface area (Å²) in [5.41, 5.74) is 0.619. The molecule has 0 spiro atoms. The monoisotopic (exact) mass is 306 g/mol. The first kappa shape index (κ1) is 16.3. The normalized spacial score (nSPS) is 20.2. The minimum atomic E-state index is -0.790. The Labute approximate surface area is 130 Å². The van der Waals surface area contributed by atoms with Crippen molar-refractivity contribution in [1.82, 2.24) is 4.90 Å². The predicted molar refractivity (Wildman–Crippen MR) is 83.0 cm³/mol. The third-order valence-corrected chi connectivity index (χ3v) is 4.09. The number of benzene rings is 1. The number of methoxy groups -OCH3 is 1. The summed E-state index contributed by atoms with van der Waals surface area (Å²) in [6.07, 6.45) is 1.47. The van der Waals surface area contributed by atoms with E-state index in [1.165, 1.54) is 0 Å². The van der Waals surface area contributed by atoms with Crippen LogP contribution < -0.4 is 10.1 Å². The average Bonchev–Trinajstić information content (AvgIpc) is 2.54. The van der Waals surface area contributed by atoms with Crippen LogP contribution in [0.15, 0.2) is 24.3 Å². The minimum Gasteiger partial charge on any atom is -0.495 e. The molecular formula is C16H22N2O4. The Bertz CT molecular complexity index is 547. The van der Waals surface area contributed by atoms with Crippen LogP contribution in [0.25, 0.3) is 0 Å². The summed E-state index contributed by atoms with van der Waals surface area (Å²) in [5.74, 6) is -0.738. The third kappa shape index (κ3) is 3.76. The predicted octanol–water partition coefficient (Wildman–Crippen LogP) is 1.82. The van der Waals surface area contributed by atoms with Crippen molar-refractivity contribution in [3.63, 3.8) is 0 Å². The summed E-state index contributed by atoms with van der Waals surface area (Å²) in [6, 6.07) is 6.83. The summed E-state index contributed by atoms with van der Waals surface area (Å²) in [6.45, 7) is 2.95. The third-order valence-electron chi connectivity index (χ3n) is 4.09. The molecule has 1 heterocycles. The lowest BCUT2D eigenvalue weighted by molar-refractivity contribution is -0.144. The number of ether oxygens (including phenoxy) is 1. The Balaban J connectivity index is 2.01. The van der Waals surface area contributed by atoms with Crippen molar-refractivity contribution in [3.05, 3.63) is 24.3 Å². The Morgan fingerprint density at radius 3 is 2.82 bits per heavy atom. The minimum absolute atomic E-state index is 0.157. The molecule has 1 aliphatic heterocycles. The summed E-state index contributed by atoms with van der Waals surface area (Å²) in [5, 5.41) is 12.0. The summed E-state index contributed by atoms with van der Waals surface area (Å²) in [7, 11) is 1.55. The van der Waals surface area contributed by atoms with E-state index in [9.17, 15) is 9.59 Å². The van der Waals surface area contributed by atoms with Crippen LogP contribution >= 0.6 is 0 Å². The van der Waals surface area contributed by atoms with Gasteiger partial charge in [-0.15, -0.1) is 0 Å². The van der Waals surface area contributed by atoms with Gasteiger partial charge >= 0.3 is 5.97 Å². The van der Waals surface area contributed by atoms with Gasteiger partial charge < -0.3 is 15.2 Å². The van der Waals surface area contributed by atoms with Crippen LogP contribution in [0, 0.1) is 5.92 Å². The molecule has 1 saturated heterocycles. The number of carbonyl (C=O) groups excluding carboxylic acids is 1. The number of rotatable bonds is 5. The summed E-state index contributed by atoms with van der Waals surface area (Å²) in [4.78, 5) is 25.4. The van der Waals surface area contributed by atoms with Gasteiger partial charge in [-0.05, 0) is 38.4 Å². The average molecular weight is 306 g/mol. The van der Waals surface area contributed by atoms with E-state index in [1.54, 1.807) is 26.2 Å². The Morgan fingerprint density at radius 1 is 1.41 bits per heavy atom. The highest BCUT2D eigenvalue weighted by Crippen LogP contribution is 2.24. The number of amides is 1. The molecule has 1 aromatic carbocycles. The summed E-state index contributed by atoms with van der Waals surface area (Å²) >= 11 is 0. The van der Waals surface area contributed by atoms with Crippen LogP contribution in [-0.4, -0.2) is 48.1 Å². The fraction of sp³-hybridized carbons (Fsp3) is 0.500. The van der Waals surface area contributed by atoms with Gasteiger partial charge in [0.25, 0.3) is 0 Å². The van der Waals surface area contributed by atoms with Gasteiger partial charge in [0.15, 0.2) is 0 Å². The van der Waals surface area contributed by atoms with Gasteiger partial charge in [0.1, 0.15) is 5.75 Å². The molecule has 0 bridgehead atoms. The number of para-hydroxylation sites is 2. The molecule has 1 amide bonds. The molecule has 1 aliphatic rings. The van der Waals surface area contributed by atoms with Crippen molar-refractivity contribution in [2.24, 2.45) is 5.92 Å². The van der Waals surface area contributed by atoms with Crippen molar-refractivity contribution in [2.75, 3.05) is 25.5 Å². The smallest absolute Gasteiger partial charge is 0.307 e. The molecule has 120 valence electrons. The van der Waals surface area contributed by atoms with Crippen LogP contribution in [0.5, 0.6) is 5.75 Å². The number of anilines is 1. The number of likely N-dealkylation sites (tertiary alicyclic amines) is 1. The van der Waals surface area contributed by atoms with Crippen molar-refractivity contribution in [2.45, 2.75) is 25.8 Å². The lowest BCUT2D eigenvalue weighted by atomic mass is 9.97. The topological polar surface area (TPSA) is 78.9 Å². The molecule has 22 heavy (non-hydrogen) atoms. The zero-order valence-corrected chi connectivity index (χ0v) is 12.9. The van der Waals surface area contributed by atoms with E-state index >= 15 is 0 Å². The van der Waals surface area contributed by atoms with Gasteiger partial charge in [-0.1, -0.05) is 12.1 Å². The number of carbonyl (C=O) groups is 2. The zero-order chi connectivity index (χ0) is 16.1. The Morgan fingerprint density at radius 2 is 2.14 bits per heavy atom. The number of carboxylic acids is 1. The number of hydrogen-bond acceptors (Lipinski definition) is 4. The second-order valence-electron chi connectivity index (χ2n) is 5.54. The van der Waals surface area contributed by atoms with Crippen LogP contribution in [0.2, 0.25) is 0 Å². The molecular weight excluding hydrogens is 284 g/mol. The molecule has 2 atom stereocenters. The van der Waals surface area contributed by atoms with E-state index in [0.29, 0.717) is 24.4 Å². The van der Waals surface area contributed by atoms with E-state index in [0.717, 1.165) is 13.0 Å². The number of hydrogen-bond donors (Lipinski definition) is 2.